The highest BCUT2D eigenvalue weighted by Crippen LogP contribution is 2.28. The number of benzene rings is 2. The van der Waals surface area contributed by atoms with Gasteiger partial charge in [-0.05, 0) is 35.4 Å². The summed E-state index contributed by atoms with van der Waals surface area (Å²) in [5.41, 5.74) is 10.7. The molecule has 0 saturated carbocycles. The smallest absolute Gasteiger partial charge is 0.0437 e. The van der Waals surface area contributed by atoms with Gasteiger partial charge in [-0.15, -0.1) is 0 Å². The van der Waals surface area contributed by atoms with Crippen molar-refractivity contribution in [1.29, 1.82) is 0 Å². The molecule has 0 radical (unpaired) electrons. The van der Waals surface area contributed by atoms with Crippen molar-refractivity contribution in [2.24, 2.45) is 0 Å². The number of nitrogens with two attached hydrogens (primary N) is 1. The molecule has 2 aromatic rings. The zero-order valence-corrected chi connectivity index (χ0v) is 9.06. The van der Waals surface area contributed by atoms with Gasteiger partial charge in [0.1, 0.15) is 0 Å². The van der Waals surface area contributed by atoms with Crippen LogP contribution in [0.3, 0.4) is 0 Å². The third-order valence-electron chi connectivity index (χ3n) is 3.07. The first-order chi connectivity index (χ1) is 7.83. The third kappa shape index (κ3) is 1.52. The summed E-state index contributed by atoms with van der Waals surface area (Å²) < 4.78 is 0. The van der Waals surface area contributed by atoms with Crippen molar-refractivity contribution in [2.45, 2.75) is 13.1 Å². The highest BCUT2D eigenvalue weighted by molar-refractivity contribution is 5.54. The summed E-state index contributed by atoms with van der Waals surface area (Å²) in [6.07, 6.45) is 0. The van der Waals surface area contributed by atoms with Gasteiger partial charge in [-0.2, -0.15) is 0 Å². The number of rotatable bonds is 1. The molecule has 3 rings (SSSR count). The summed E-state index contributed by atoms with van der Waals surface area (Å²) >= 11 is 0. The molecule has 2 N–H and O–H groups in total. The Hall–Kier alpha value is -1.96. The van der Waals surface area contributed by atoms with Crippen LogP contribution < -0.4 is 10.6 Å². The topological polar surface area (TPSA) is 29.3 Å². The van der Waals surface area contributed by atoms with E-state index >= 15 is 0 Å². The molecule has 0 bridgehead atoms. The average molecular weight is 210 g/mol. The zero-order valence-electron chi connectivity index (χ0n) is 9.06. The normalized spacial score (nSPS) is 13.9. The molecule has 2 heteroatoms. The van der Waals surface area contributed by atoms with E-state index in [0.717, 1.165) is 18.8 Å². The minimum Gasteiger partial charge on any atom is -0.399 e. The molecule has 0 unspecified atom stereocenters. The number of hydrogen-bond acceptors (Lipinski definition) is 2. The first-order valence-corrected chi connectivity index (χ1v) is 5.50. The standard InChI is InChI=1S/C14H14N2/c15-13-7-6-11-9-16(10-12(11)8-13)14-4-2-1-3-5-14/h1-8H,9-10,15H2. The van der Waals surface area contributed by atoms with Crippen LogP contribution in [0.2, 0.25) is 0 Å². The largest absolute Gasteiger partial charge is 0.399 e. The second-order valence-electron chi connectivity index (χ2n) is 4.22. The second-order valence-corrected chi connectivity index (χ2v) is 4.22. The van der Waals surface area contributed by atoms with Gasteiger partial charge >= 0.3 is 0 Å². The molecular weight excluding hydrogens is 196 g/mol. The van der Waals surface area contributed by atoms with Crippen LogP contribution in [0, 0.1) is 0 Å². The molecule has 2 aromatic carbocycles. The zero-order chi connectivity index (χ0) is 11.0. The van der Waals surface area contributed by atoms with Crippen LogP contribution in [-0.4, -0.2) is 0 Å². The van der Waals surface area contributed by atoms with E-state index < -0.39 is 0 Å². The fourth-order valence-corrected chi connectivity index (χ4v) is 2.24. The highest BCUT2D eigenvalue weighted by atomic mass is 15.1. The molecule has 80 valence electrons. The summed E-state index contributed by atoms with van der Waals surface area (Å²) in [6, 6.07) is 16.7. The van der Waals surface area contributed by atoms with E-state index in [-0.39, 0.29) is 0 Å². The Morgan fingerprint density at radius 3 is 2.44 bits per heavy atom. The molecule has 0 aromatic heterocycles. The summed E-state index contributed by atoms with van der Waals surface area (Å²) in [4.78, 5) is 2.37. The lowest BCUT2D eigenvalue weighted by Crippen LogP contribution is -2.13. The van der Waals surface area contributed by atoms with Crippen LogP contribution in [-0.2, 0) is 13.1 Å². The van der Waals surface area contributed by atoms with Gasteiger partial charge in [0.05, 0.1) is 0 Å². The van der Waals surface area contributed by atoms with Crippen molar-refractivity contribution in [1.82, 2.24) is 0 Å². The SMILES string of the molecule is Nc1ccc2c(c1)CN(c1ccccc1)C2. The average Bonchev–Trinajstić information content (AvgIpc) is 2.73. The minimum atomic E-state index is 0.855. The van der Waals surface area contributed by atoms with Crippen LogP contribution >= 0.6 is 0 Å². The molecule has 1 aliphatic rings. The summed E-state index contributed by atoms with van der Waals surface area (Å²) in [7, 11) is 0. The number of fused-ring (bicyclic) bond motifs is 1. The Labute approximate surface area is 95.3 Å². The quantitative estimate of drug-likeness (QED) is 0.733. The number of hydrogen-bond donors (Lipinski definition) is 1. The van der Waals surface area contributed by atoms with Crippen molar-refractivity contribution in [2.75, 3.05) is 10.6 Å². The predicted octanol–water partition coefficient (Wildman–Crippen LogP) is 2.79. The van der Waals surface area contributed by atoms with Gasteiger partial charge in [0.2, 0.25) is 0 Å². The Morgan fingerprint density at radius 2 is 1.62 bits per heavy atom. The van der Waals surface area contributed by atoms with Crippen molar-refractivity contribution in [3.63, 3.8) is 0 Å². The Kier molecular flexibility index (Phi) is 2.07. The third-order valence-corrected chi connectivity index (χ3v) is 3.07. The summed E-state index contributed by atoms with van der Waals surface area (Å²) in [5.74, 6) is 0. The minimum absolute atomic E-state index is 0.855. The van der Waals surface area contributed by atoms with Gasteiger partial charge in [0.25, 0.3) is 0 Å². The van der Waals surface area contributed by atoms with Gasteiger partial charge in [0, 0.05) is 24.5 Å². The van der Waals surface area contributed by atoms with Crippen molar-refractivity contribution >= 4 is 11.4 Å². The van der Waals surface area contributed by atoms with E-state index in [0.29, 0.717) is 0 Å². The lowest BCUT2D eigenvalue weighted by molar-refractivity contribution is 0.881. The van der Waals surface area contributed by atoms with Crippen LogP contribution in [0.1, 0.15) is 11.1 Å². The Morgan fingerprint density at radius 1 is 0.875 bits per heavy atom. The molecule has 0 spiro atoms. The maximum absolute atomic E-state index is 5.80. The molecule has 1 aliphatic heterocycles. The maximum Gasteiger partial charge on any atom is 0.0437 e. The Bertz CT molecular complexity index is 505. The van der Waals surface area contributed by atoms with Crippen LogP contribution in [0.5, 0.6) is 0 Å². The van der Waals surface area contributed by atoms with E-state index in [1.165, 1.54) is 16.8 Å². The monoisotopic (exact) mass is 210 g/mol. The summed E-state index contributed by atoms with van der Waals surface area (Å²) in [6.45, 7) is 1.95. The molecule has 0 atom stereocenters. The lowest BCUT2D eigenvalue weighted by atomic mass is 10.1. The Balaban J connectivity index is 1.91. The highest BCUT2D eigenvalue weighted by Gasteiger charge is 2.18. The van der Waals surface area contributed by atoms with E-state index in [2.05, 4.69) is 41.3 Å². The maximum atomic E-state index is 5.80. The van der Waals surface area contributed by atoms with Gasteiger partial charge in [-0.1, -0.05) is 24.3 Å². The summed E-state index contributed by atoms with van der Waals surface area (Å²) in [5, 5.41) is 0. The van der Waals surface area contributed by atoms with E-state index in [4.69, 9.17) is 5.73 Å². The molecule has 0 saturated heterocycles. The van der Waals surface area contributed by atoms with E-state index in [1.54, 1.807) is 0 Å². The van der Waals surface area contributed by atoms with E-state index in [1.807, 2.05) is 12.1 Å². The van der Waals surface area contributed by atoms with Gasteiger partial charge in [-0.3, -0.25) is 0 Å². The van der Waals surface area contributed by atoms with Crippen molar-refractivity contribution in [3.05, 3.63) is 59.7 Å². The van der Waals surface area contributed by atoms with Gasteiger partial charge in [0.15, 0.2) is 0 Å². The van der Waals surface area contributed by atoms with Crippen LogP contribution in [0.25, 0.3) is 0 Å². The number of nitrogen functional groups attached to an aromatic ring is 1. The van der Waals surface area contributed by atoms with Gasteiger partial charge in [-0.25, -0.2) is 0 Å². The lowest BCUT2D eigenvalue weighted by Gasteiger charge is -2.17. The van der Waals surface area contributed by atoms with Crippen molar-refractivity contribution < 1.29 is 0 Å². The molecule has 1 heterocycles. The molecular formula is C14H14N2. The van der Waals surface area contributed by atoms with E-state index in [9.17, 15) is 0 Å². The first kappa shape index (κ1) is 9.28. The van der Waals surface area contributed by atoms with Crippen LogP contribution in [0.15, 0.2) is 48.5 Å². The number of para-hydroxylation sites is 1. The fourth-order valence-electron chi connectivity index (χ4n) is 2.24. The predicted molar refractivity (Wildman–Crippen MR) is 67.2 cm³/mol. The van der Waals surface area contributed by atoms with Gasteiger partial charge < -0.3 is 10.6 Å². The first-order valence-electron chi connectivity index (χ1n) is 5.50. The van der Waals surface area contributed by atoms with Crippen LogP contribution in [0.4, 0.5) is 11.4 Å². The fraction of sp³-hybridized carbons (Fsp3) is 0.143. The van der Waals surface area contributed by atoms with Crippen molar-refractivity contribution in [3.8, 4) is 0 Å². The number of nitrogens with zero attached hydrogens (tertiary/aromatic N) is 1. The molecule has 0 aliphatic carbocycles. The molecule has 2 nitrogen and oxygen atoms in total. The second kappa shape index (κ2) is 3.56. The molecule has 0 fully saturated rings. The molecule has 16 heavy (non-hydrogen) atoms. The number of anilines is 2. The molecule has 0 amide bonds.